The van der Waals surface area contributed by atoms with Crippen LogP contribution < -0.4 is 9.64 Å². The molecular weight excluding hydrogens is 370 g/mol. The molecule has 4 rings (SSSR count). The molecule has 7 nitrogen and oxygen atoms in total. The monoisotopic (exact) mass is 393 g/mol. The van der Waals surface area contributed by atoms with Crippen LogP contribution in [0.1, 0.15) is 27.6 Å². The highest BCUT2D eigenvalue weighted by atomic mass is 16.5. The van der Waals surface area contributed by atoms with E-state index in [4.69, 9.17) is 4.74 Å². The Morgan fingerprint density at radius 3 is 2.14 bits per heavy atom. The van der Waals surface area contributed by atoms with Crippen molar-refractivity contribution in [3.8, 4) is 5.75 Å². The first-order valence-electron chi connectivity index (χ1n) is 9.66. The minimum absolute atomic E-state index is 0.204. The zero-order valence-corrected chi connectivity index (χ0v) is 16.5. The maximum absolute atomic E-state index is 13.0. The number of benzene rings is 2. The molecule has 1 saturated heterocycles. The number of amides is 3. The van der Waals surface area contributed by atoms with Crippen molar-refractivity contribution < 1.29 is 19.1 Å². The maximum Gasteiger partial charge on any atom is 0.262 e. The van der Waals surface area contributed by atoms with Gasteiger partial charge in [0.05, 0.1) is 18.2 Å². The van der Waals surface area contributed by atoms with Gasteiger partial charge in [0.1, 0.15) is 11.8 Å². The molecule has 0 N–H and O–H groups in total. The summed E-state index contributed by atoms with van der Waals surface area (Å²) >= 11 is 0. The molecule has 0 aromatic heterocycles. The van der Waals surface area contributed by atoms with Crippen LogP contribution >= 0.6 is 0 Å². The SMILES string of the molecule is COc1cccc(N2CCN(C(=O)[C@@H](C)N3C(=O)c4ccccc4C3=O)CC2)c1. The zero-order chi connectivity index (χ0) is 20.5. The third-order valence-corrected chi connectivity index (χ3v) is 5.58. The number of carbonyl (C=O) groups excluding carboxylic acids is 3. The van der Waals surface area contributed by atoms with Crippen LogP contribution in [0.3, 0.4) is 0 Å². The highest BCUT2D eigenvalue weighted by Gasteiger charge is 2.42. The fourth-order valence-electron chi connectivity index (χ4n) is 3.93. The number of piperazine rings is 1. The van der Waals surface area contributed by atoms with E-state index >= 15 is 0 Å². The van der Waals surface area contributed by atoms with E-state index in [1.807, 2.05) is 24.3 Å². The number of nitrogens with zero attached hydrogens (tertiary/aromatic N) is 3. The minimum atomic E-state index is -0.828. The molecule has 0 saturated carbocycles. The number of rotatable bonds is 4. The van der Waals surface area contributed by atoms with E-state index in [-0.39, 0.29) is 5.91 Å². The Morgan fingerprint density at radius 1 is 0.931 bits per heavy atom. The Bertz CT molecular complexity index is 931. The Labute approximate surface area is 169 Å². The van der Waals surface area contributed by atoms with E-state index < -0.39 is 17.9 Å². The predicted molar refractivity (Wildman–Crippen MR) is 108 cm³/mol. The van der Waals surface area contributed by atoms with Crippen molar-refractivity contribution in [3.05, 3.63) is 59.7 Å². The van der Waals surface area contributed by atoms with Crippen LogP contribution in [-0.4, -0.2) is 66.9 Å². The average molecular weight is 393 g/mol. The molecule has 7 heteroatoms. The first-order chi connectivity index (χ1) is 14.0. The van der Waals surface area contributed by atoms with E-state index in [2.05, 4.69) is 4.90 Å². The number of carbonyl (C=O) groups is 3. The molecule has 1 atom stereocenters. The van der Waals surface area contributed by atoms with Gasteiger partial charge in [-0.2, -0.15) is 0 Å². The van der Waals surface area contributed by atoms with Crippen LogP contribution in [-0.2, 0) is 4.79 Å². The van der Waals surface area contributed by atoms with E-state index in [0.29, 0.717) is 37.3 Å². The molecule has 0 bridgehead atoms. The van der Waals surface area contributed by atoms with Gasteiger partial charge in [-0.25, -0.2) is 0 Å². The van der Waals surface area contributed by atoms with Crippen LogP contribution in [0.4, 0.5) is 5.69 Å². The lowest BCUT2D eigenvalue weighted by Crippen LogP contribution is -2.55. The maximum atomic E-state index is 13.0. The number of hydrogen-bond acceptors (Lipinski definition) is 5. The van der Waals surface area contributed by atoms with Crippen LogP contribution in [0.25, 0.3) is 0 Å². The third kappa shape index (κ3) is 3.33. The van der Waals surface area contributed by atoms with Gasteiger partial charge in [0, 0.05) is 37.9 Å². The van der Waals surface area contributed by atoms with Gasteiger partial charge in [-0.05, 0) is 31.2 Å². The molecular formula is C22H23N3O4. The Hall–Kier alpha value is -3.35. The van der Waals surface area contributed by atoms with Crippen molar-refractivity contribution in [1.82, 2.24) is 9.80 Å². The molecule has 0 aliphatic carbocycles. The van der Waals surface area contributed by atoms with Gasteiger partial charge >= 0.3 is 0 Å². The molecule has 0 spiro atoms. The van der Waals surface area contributed by atoms with Gasteiger partial charge < -0.3 is 14.5 Å². The van der Waals surface area contributed by atoms with E-state index in [9.17, 15) is 14.4 Å². The number of fused-ring (bicyclic) bond motifs is 1. The second-order valence-corrected chi connectivity index (χ2v) is 7.22. The quantitative estimate of drug-likeness (QED) is 0.744. The molecule has 3 amide bonds. The van der Waals surface area contributed by atoms with Gasteiger partial charge in [-0.3, -0.25) is 19.3 Å². The molecule has 2 aliphatic heterocycles. The summed E-state index contributed by atoms with van der Waals surface area (Å²) in [5.74, 6) is -0.215. The Balaban J connectivity index is 1.42. The van der Waals surface area contributed by atoms with Crippen molar-refractivity contribution >= 4 is 23.4 Å². The summed E-state index contributed by atoms with van der Waals surface area (Å²) in [4.78, 5) is 43.3. The largest absolute Gasteiger partial charge is 0.497 e. The molecule has 1 fully saturated rings. The molecule has 150 valence electrons. The van der Waals surface area contributed by atoms with E-state index in [0.717, 1.165) is 16.3 Å². The van der Waals surface area contributed by atoms with Gasteiger partial charge in [0.15, 0.2) is 0 Å². The Morgan fingerprint density at radius 2 is 1.55 bits per heavy atom. The summed E-state index contributed by atoms with van der Waals surface area (Å²) in [7, 11) is 1.64. The van der Waals surface area contributed by atoms with E-state index in [1.165, 1.54) is 0 Å². The second-order valence-electron chi connectivity index (χ2n) is 7.22. The summed E-state index contributed by atoms with van der Waals surface area (Å²) in [5, 5.41) is 0. The lowest BCUT2D eigenvalue weighted by molar-refractivity contribution is -0.135. The molecule has 2 aromatic rings. The molecule has 0 unspecified atom stereocenters. The minimum Gasteiger partial charge on any atom is -0.497 e. The summed E-state index contributed by atoms with van der Waals surface area (Å²) in [6.45, 7) is 4.03. The van der Waals surface area contributed by atoms with Gasteiger partial charge in [0.2, 0.25) is 5.91 Å². The normalized spacial score (nSPS) is 17.4. The van der Waals surface area contributed by atoms with Gasteiger partial charge in [-0.15, -0.1) is 0 Å². The predicted octanol–water partition coefficient (Wildman–Crippen LogP) is 2.03. The third-order valence-electron chi connectivity index (χ3n) is 5.58. The Kier molecular flexibility index (Phi) is 4.96. The number of anilines is 1. The highest BCUT2D eigenvalue weighted by Crippen LogP contribution is 2.26. The number of ether oxygens (including phenoxy) is 1. The zero-order valence-electron chi connectivity index (χ0n) is 16.5. The number of imide groups is 1. The average Bonchev–Trinajstić information content (AvgIpc) is 3.03. The lowest BCUT2D eigenvalue weighted by atomic mass is 10.1. The van der Waals surface area contributed by atoms with Crippen molar-refractivity contribution in [3.63, 3.8) is 0 Å². The van der Waals surface area contributed by atoms with Crippen LogP contribution in [0.2, 0.25) is 0 Å². The topological polar surface area (TPSA) is 70.2 Å². The summed E-state index contributed by atoms with van der Waals surface area (Å²) in [6.07, 6.45) is 0. The van der Waals surface area contributed by atoms with Gasteiger partial charge in [-0.1, -0.05) is 18.2 Å². The van der Waals surface area contributed by atoms with Crippen molar-refractivity contribution in [1.29, 1.82) is 0 Å². The first kappa shape index (κ1) is 19.0. The van der Waals surface area contributed by atoms with Crippen molar-refractivity contribution in [2.45, 2.75) is 13.0 Å². The second kappa shape index (κ2) is 7.58. The fraction of sp³-hybridized carbons (Fsp3) is 0.318. The number of methoxy groups -OCH3 is 1. The van der Waals surface area contributed by atoms with Crippen LogP contribution in [0.5, 0.6) is 5.75 Å². The molecule has 2 aliphatic rings. The van der Waals surface area contributed by atoms with Crippen LogP contribution in [0, 0.1) is 0 Å². The summed E-state index contributed by atoms with van der Waals surface area (Å²) in [6, 6.07) is 13.7. The van der Waals surface area contributed by atoms with E-state index in [1.54, 1.807) is 43.2 Å². The van der Waals surface area contributed by atoms with Gasteiger partial charge in [0.25, 0.3) is 11.8 Å². The highest BCUT2D eigenvalue weighted by molar-refractivity contribution is 6.22. The first-order valence-corrected chi connectivity index (χ1v) is 9.66. The van der Waals surface area contributed by atoms with Crippen molar-refractivity contribution in [2.24, 2.45) is 0 Å². The van der Waals surface area contributed by atoms with Crippen LogP contribution in [0.15, 0.2) is 48.5 Å². The molecule has 2 heterocycles. The summed E-state index contributed by atoms with van der Waals surface area (Å²) < 4.78 is 5.28. The summed E-state index contributed by atoms with van der Waals surface area (Å²) in [5.41, 5.74) is 1.77. The standard InChI is InChI=1S/C22H23N3O4/c1-15(25-21(27)18-8-3-4-9-19(18)22(25)28)20(26)24-12-10-23(11-13-24)16-6-5-7-17(14-16)29-2/h3-9,14-15H,10-13H2,1-2H3/t15-/m1/s1. The lowest BCUT2D eigenvalue weighted by Gasteiger charge is -2.38. The van der Waals surface area contributed by atoms with Crippen molar-refractivity contribution in [2.75, 3.05) is 38.2 Å². The smallest absolute Gasteiger partial charge is 0.262 e. The molecule has 0 radical (unpaired) electrons. The molecule has 2 aromatic carbocycles. The fourth-order valence-corrected chi connectivity index (χ4v) is 3.93. The number of hydrogen-bond donors (Lipinski definition) is 0. The molecule has 29 heavy (non-hydrogen) atoms.